The average Bonchev–Trinajstić information content (AvgIpc) is 2.81. The van der Waals surface area contributed by atoms with Crippen molar-refractivity contribution in [3.63, 3.8) is 0 Å². The van der Waals surface area contributed by atoms with Crippen LogP contribution in [0.1, 0.15) is 27.9 Å². The number of carbonyl (C=O) groups is 1. The van der Waals surface area contributed by atoms with Gasteiger partial charge in [-0.05, 0) is 37.4 Å². The number of aromatic nitrogens is 1. The van der Waals surface area contributed by atoms with E-state index in [0.717, 1.165) is 12.1 Å². The van der Waals surface area contributed by atoms with Crippen LogP contribution >= 0.6 is 11.3 Å². The first-order chi connectivity index (χ1) is 9.06. The third-order valence-corrected chi connectivity index (χ3v) is 3.63. The normalized spacial score (nSPS) is 12.1. The zero-order chi connectivity index (χ0) is 13.8. The van der Waals surface area contributed by atoms with Crippen LogP contribution in [0.25, 0.3) is 0 Å². The summed E-state index contributed by atoms with van der Waals surface area (Å²) in [5.74, 6) is -0.519. The van der Waals surface area contributed by atoms with Crippen molar-refractivity contribution in [3.05, 3.63) is 45.8 Å². The predicted octanol–water partition coefficient (Wildman–Crippen LogP) is 3.19. The van der Waals surface area contributed by atoms with Crippen LogP contribution in [0.2, 0.25) is 0 Å². The number of aromatic carboxylic acids is 1. The summed E-state index contributed by atoms with van der Waals surface area (Å²) >= 11 is 1.70. The van der Waals surface area contributed by atoms with Crippen molar-refractivity contribution >= 4 is 23.1 Å². The molecule has 0 aliphatic rings. The molecule has 0 amide bonds. The molecule has 0 bridgehead atoms. The fourth-order valence-electron chi connectivity index (χ4n) is 1.85. The molecule has 1 unspecified atom stereocenters. The summed E-state index contributed by atoms with van der Waals surface area (Å²) in [5, 5.41) is 14.4. The third-order valence-electron chi connectivity index (χ3n) is 2.74. The van der Waals surface area contributed by atoms with E-state index in [-0.39, 0.29) is 11.6 Å². The minimum absolute atomic E-state index is 0.131. The van der Waals surface area contributed by atoms with Gasteiger partial charge in [0.05, 0.1) is 0 Å². The van der Waals surface area contributed by atoms with Gasteiger partial charge in [0.25, 0.3) is 0 Å². The zero-order valence-electron chi connectivity index (χ0n) is 10.9. The van der Waals surface area contributed by atoms with Crippen LogP contribution in [0.4, 0.5) is 5.82 Å². The molecule has 100 valence electrons. The van der Waals surface area contributed by atoms with Gasteiger partial charge in [-0.15, -0.1) is 11.3 Å². The molecule has 0 saturated heterocycles. The molecule has 19 heavy (non-hydrogen) atoms. The molecule has 2 N–H and O–H groups in total. The Morgan fingerprint density at radius 1 is 1.47 bits per heavy atom. The summed E-state index contributed by atoms with van der Waals surface area (Å²) in [7, 11) is 0. The molecule has 0 fully saturated rings. The summed E-state index contributed by atoms with van der Waals surface area (Å²) in [6.07, 6.45) is 0.854. The van der Waals surface area contributed by atoms with E-state index in [9.17, 15) is 4.79 Å². The van der Waals surface area contributed by atoms with Gasteiger partial charge in [-0.2, -0.15) is 0 Å². The van der Waals surface area contributed by atoms with Crippen LogP contribution in [0.5, 0.6) is 0 Å². The maximum absolute atomic E-state index is 11.2. The first kappa shape index (κ1) is 13.5. The molecule has 0 radical (unpaired) electrons. The Bertz CT molecular complexity index is 567. The summed E-state index contributed by atoms with van der Waals surface area (Å²) in [5.41, 5.74) is 1.01. The van der Waals surface area contributed by atoms with Gasteiger partial charge in [0, 0.05) is 23.0 Å². The number of thiophene rings is 1. The Morgan fingerprint density at radius 3 is 2.89 bits per heavy atom. The fourth-order valence-corrected chi connectivity index (χ4v) is 2.69. The molecule has 2 heterocycles. The maximum atomic E-state index is 11.2. The van der Waals surface area contributed by atoms with Crippen molar-refractivity contribution in [1.29, 1.82) is 0 Å². The number of anilines is 1. The van der Waals surface area contributed by atoms with Crippen LogP contribution in [0, 0.1) is 6.92 Å². The summed E-state index contributed by atoms with van der Waals surface area (Å²) < 4.78 is 0. The number of nitrogens with zero attached hydrogens (tertiary/aromatic N) is 1. The Labute approximate surface area is 116 Å². The third kappa shape index (κ3) is 3.54. The lowest BCUT2D eigenvalue weighted by atomic mass is 10.2. The highest BCUT2D eigenvalue weighted by atomic mass is 32.1. The van der Waals surface area contributed by atoms with E-state index >= 15 is 0 Å². The van der Waals surface area contributed by atoms with Gasteiger partial charge in [0.1, 0.15) is 11.4 Å². The van der Waals surface area contributed by atoms with Crippen molar-refractivity contribution in [2.24, 2.45) is 0 Å². The lowest BCUT2D eigenvalue weighted by Crippen LogP contribution is -2.20. The zero-order valence-corrected chi connectivity index (χ0v) is 11.7. The fraction of sp³-hybridized carbons (Fsp3) is 0.286. The first-order valence-corrected chi connectivity index (χ1v) is 6.94. The van der Waals surface area contributed by atoms with Gasteiger partial charge >= 0.3 is 5.97 Å². The van der Waals surface area contributed by atoms with E-state index in [0.29, 0.717) is 5.82 Å². The van der Waals surface area contributed by atoms with Crippen molar-refractivity contribution in [2.75, 3.05) is 5.32 Å². The molecule has 0 saturated carbocycles. The summed E-state index contributed by atoms with van der Waals surface area (Å²) in [6.45, 7) is 3.87. The first-order valence-electron chi connectivity index (χ1n) is 6.06. The van der Waals surface area contributed by atoms with Crippen molar-refractivity contribution in [2.45, 2.75) is 26.3 Å². The van der Waals surface area contributed by atoms with Crippen LogP contribution < -0.4 is 5.32 Å². The number of aryl methyl sites for hydroxylation is 1. The number of carboxylic acids is 1. The summed E-state index contributed by atoms with van der Waals surface area (Å²) in [6, 6.07) is 7.51. The number of carboxylic acid groups (broad SMARTS) is 1. The standard InChI is InChI=1S/C14H16N2O2S/c1-9-5-6-12(14(17)18)13(15-9)16-10(2)8-11-4-3-7-19-11/h3-7,10H,8H2,1-2H3,(H,15,16)(H,17,18). The van der Waals surface area contributed by atoms with Gasteiger partial charge in [0.2, 0.25) is 0 Å². The Kier molecular flexibility index (Phi) is 4.16. The second kappa shape index (κ2) is 5.84. The summed E-state index contributed by atoms with van der Waals surface area (Å²) in [4.78, 5) is 16.7. The monoisotopic (exact) mass is 276 g/mol. The highest BCUT2D eigenvalue weighted by Crippen LogP contribution is 2.17. The van der Waals surface area contributed by atoms with Gasteiger partial charge in [0.15, 0.2) is 0 Å². The largest absolute Gasteiger partial charge is 0.478 e. The van der Waals surface area contributed by atoms with Gasteiger partial charge in [-0.3, -0.25) is 0 Å². The molecule has 0 aliphatic heterocycles. The van der Waals surface area contributed by atoms with Crippen molar-refractivity contribution in [3.8, 4) is 0 Å². The molecule has 1 atom stereocenters. The molecular formula is C14H16N2O2S. The minimum Gasteiger partial charge on any atom is -0.478 e. The Balaban J connectivity index is 2.13. The van der Waals surface area contributed by atoms with Gasteiger partial charge in [-0.1, -0.05) is 6.07 Å². The number of nitrogens with one attached hydrogen (secondary N) is 1. The molecule has 5 heteroatoms. The highest BCUT2D eigenvalue weighted by molar-refractivity contribution is 7.09. The number of hydrogen-bond donors (Lipinski definition) is 2. The number of pyridine rings is 1. The predicted molar refractivity (Wildman–Crippen MR) is 77.0 cm³/mol. The number of rotatable bonds is 5. The quantitative estimate of drug-likeness (QED) is 0.880. The van der Waals surface area contributed by atoms with Gasteiger partial charge < -0.3 is 10.4 Å². The molecule has 0 spiro atoms. The average molecular weight is 276 g/mol. The topological polar surface area (TPSA) is 62.2 Å². The molecule has 2 aromatic rings. The molecule has 2 aromatic heterocycles. The number of hydrogen-bond acceptors (Lipinski definition) is 4. The van der Waals surface area contributed by atoms with Crippen molar-refractivity contribution < 1.29 is 9.90 Å². The second-order valence-corrected chi connectivity index (χ2v) is 5.52. The SMILES string of the molecule is Cc1ccc(C(=O)O)c(NC(C)Cc2cccs2)n1. The van der Waals surface area contributed by atoms with Crippen molar-refractivity contribution in [1.82, 2.24) is 4.98 Å². The molecule has 0 aromatic carbocycles. The second-order valence-electron chi connectivity index (χ2n) is 4.48. The lowest BCUT2D eigenvalue weighted by Gasteiger charge is -2.15. The molecule has 4 nitrogen and oxygen atoms in total. The molecule has 2 rings (SSSR count). The van der Waals surface area contributed by atoms with E-state index in [2.05, 4.69) is 16.4 Å². The van der Waals surface area contributed by atoms with E-state index in [1.54, 1.807) is 23.5 Å². The van der Waals surface area contributed by atoms with Crippen LogP contribution in [-0.2, 0) is 6.42 Å². The highest BCUT2D eigenvalue weighted by Gasteiger charge is 2.14. The van der Waals surface area contributed by atoms with Crippen LogP contribution in [0.3, 0.4) is 0 Å². The lowest BCUT2D eigenvalue weighted by molar-refractivity contribution is 0.0697. The molecule has 0 aliphatic carbocycles. The smallest absolute Gasteiger partial charge is 0.339 e. The van der Waals surface area contributed by atoms with E-state index in [1.807, 2.05) is 25.3 Å². The Morgan fingerprint density at radius 2 is 2.26 bits per heavy atom. The van der Waals surface area contributed by atoms with Crippen LogP contribution in [0.15, 0.2) is 29.6 Å². The minimum atomic E-state index is -0.960. The van der Waals surface area contributed by atoms with E-state index in [1.165, 1.54) is 4.88 Å². The van der Waals surface area contributed by atoms with E-state index in [4.69, 9.17) is 5.11 Å². The van der Waals surface area contributed by atoms with Crippen LogP contribution in [-0.4, -0.2) is 22.1 Å². The maximum Gasteiger partial charge on any atom is 0.339 e. The van der Waals surface area contributed by atoms with Gasteiger partial charge in [-0.25, -0.2) is 9.78 Å². The Hall–Kier alpha value is -1.88. The molecular weight excluding hydrogens is 260 g/mol. The van der Waals surface area contributed by atoms with E-state index < -0.39 is 5.97 Å².